The van der Waals surface area contributed by atoms with Gasteiger partial charge < -0.3 is 11.1 Å². The zero-order valence-corrected chi connectivity index (χ0v) is 10.5. The van der Waals surface area contributed by atoms with Crippen molar-refractivity contribution < 1.29 is 4.79 Å². The van der Waals surface area contributed by atoms with E-state index >= 15 is 0 Å². The lowest BCUT2D eigenvalue weighted by molar-refractivity contribution is 0.100. The molecule has 7 heteroatoms. The first-order valence-corrected chi connectivity index (χ1v) is 5.67. The SMILES string of the molecule is NC(=O)c1ccccc1Nc1nc(Cl)ncc1Cl. The molecule has 0 unspecified atom stereocenters. The summed E-state index contributed by atoms with van der Waals surface area (Å²) in [5.74, 6) is -0.236. The van der Waals surface area contributed by atoms with Gasteiger partial charge in [0.1, 0.15) is 5.02 Å². The topological polar surface area (TPSA) is 80.9 Å². The molecule has 2 aromatic rings. The lowest BCUT2D eigenvalue weighted by Crippen LogP contribution is -2.13. The maximum atomic E-state index is 11.3. The smallest absolute Gasteiger partial charge is 0.250 e. The van der Waals surface area contributed by atoms with Gasteiger partial charge in [0.2, 0.25) is 5.28 Å². The Hall–Kier alpha value is -1.85. The molecule has 2 rings (SSSR count). The van der Waals surface area contributed by atoms with Crippen molar-refractivity contribution in [3.05, 3.63) is 46.3 Å². The van der Waals surface area contributed by atoms with Crippen LogP contribution in [0.2, 0.25) is 10.3 Å². The van der Waals surface area contributed by atoms with Gasteiger partial charge in [-0.1, -0.05) is 23.7 Å². The number of nitrogens with one attached hydrogen (secondary N) is 1. The third-order valence-electron chi connectivity index (χ3n) is 2.16. The molecule has 92 valence electrons. The molecule has 1 aromatic carbocycles. The fourth-order valence-corrected chi connectivity index (χ4v) is 1.64. The molecular formula is C11H8Cl2N4O. The van der Waals surface area contributed by atoms with Crippen molar-refractivity contribution >= 4 is 40.6 Å². The number of anilines is 2. The second kappa shape index (κ2) is 5.20. The van der Waals surface area contributed by atoms with Crippen molar-refractivity contribution in [2.45, 2.75) is 0 Å². The quantitative estimate of drug-likeness (QED) is 0.848. The molecule has 1 aromatic heterocycles. The molecule has 0 saturated carbocycles. The van der Waals surface area contributed by atoms with Crippen LogP contribution in [0.15, 0.2) is 30.5 Å². The zero-order chi connectivity index (χ0) is 13.1. The Morgan fingerprint density at radius 3 is 2.72 bits per heavy atom. The molecule has 0 saturated heterocycles. The monoisotopic (exact) mass is 282 g/mol. The highest BCUT2D eigenvalue weighted by Crippen LogP contribution is 2.25. The van der Waals surface area contributed by atoms with Crippen LogP contribution >= 0.6 is 23.2 Å². The number of nitrogens with two attached hydrogens (primary N) is 1. The van der Waals surface area contributed by atoms with Gasteiger partial charge in [0.05, 0.1) is 17.4 Å². The van der Waals surface area contributed by atoms with Crippen LogP contribution in [0.3, 0.4) is 0 Å². The lowest BCUT2D eigenvalue weighted by Gasteiger charge is -2.10. The Kier molecular flexibility index (Phi) is 3.64. The fourth-order valence-electron chi connectivity index (χ4n) is 1.37. The zero-order valence-electron chi connectivity index (χ0n) is 9.02. The number of nitrogens with zero attached hydrogens (tertiary/aromatic N) is 2. The molecule has 0 bridgehead atoms. The van der Waals surface area contributed by atoms with Gasteiger partial charge >= 0.3 is 0 Å². The summed E-state index contributed by atoms with van der Waals surface area (Å²) in [6.07, 6.45) is 1.37. The van der Waals surface area contributed by atoms with E-state index in [0.29, 0.717) is 22.1 Å². The number of hydrogen-bond donors (Lipinski definition) is 2. The Bertz CT molecular complexity index is 603. The van der Waals surface area contributed by atoms with Gasteiger partial charge in [-0.3, -0.25) is 4.79 Å². The Morgan fingerprint density at radius 1 is 1.28 bits per heavy atom. The number of rotatable bonds is 3. The summed E-state index contributed by atoms with van der Waals surface area (Å²) < 4.78 is 0. The number of benzene rings is 1. The molecule has 0 aliphatic rings. The number of amides is 1. The standard InChI is InChI=1S/C11H8Cl2N4O/c12-7-5-15-11(13)17-10(7)16-8-4-2-1-3-6(8)9(14)18/h1-5H,(H2,14,18)(H,15,16,17). The van der Waals surface area contributed by atoms with Crippen molar-refractivity contribution in [2.24, 2.45) is 5.73 Å². The molecule has 18 heavy (non-hydrogen) atoms. The number of primary amides is 1. The second-order valence-corrected chi connectivity index (χ2v) is 4.12. The van der Waals surface area contributed by atoms with Crippen LogP contribution in [-0.2, 0) is 0 Å². The van der Waals surface area contributed by atoms with E-state index in [1.165, 1.54) is 6.20 Å². The van der Waals surface area contributed by atoms with Crippen molar-refractivity contribution in [2.75, 3.05) is 5.32 Å². The van der Waals surface area contributed by atoms with Gasteiger partial charge in [0, 0.05) is 0 Å². The van der Waals surface area contributed by atoms with E-state index in [9.17, 15) is 4.79 Å². The minimum absolute atomic E-state index is 0.0541. The van der Waals surface area contributed by atoms with Gasteiger partial charge in [-0.25, -0.2) is 4.98 Å². The number of para-hydroxylation sites is 1. The molecule has 0 fully saturated rings. The van der Waals surface area contributed by atoms with Crippen LogP contribution in [0.4, 0.5) is 11.5 Å². The normalized spacial score (nSPS) is 10.1. The summed E-state index contributed by atoms with van der Waals surface area (Å²) in [5.41, 5.74) is 6.10. The molecule has 1 amide bonds. The van der Waals surface area contributed by atoms with Crippen molar-refractivity contribution in [3.8, 4) is 0 Å². The van der Waals surface area contributed by atoms with Crippen molar-refractivity contribution in [1.29, 1.82) is 0 Å². The summed E-state index contributed by atoms with van der Waals surface area (Å²) in [6, 6.07) is 6.75. The Balaban J connectivity index is 2.40. The van der Waals surface area contributed by atoms with E-state index in [-0.39, 0.29) is 5.28 Å². The van der Waals surface area contributed by atoms with Crippen molar-refractivity contribution in [3.63, 3.8) is 0 Å². The van der Waals surface area contributed by atoms with Gasteiger partial charge in [-0.05, 0) is 23.7 Å². The van der Waals surface area contributed by atoms with Crippen LogP contribution in [0.5, 0.6) is 0 Å². The number of carbonyl (C=O) groups excluding carboxylic acids is 1. The third kappa shape index (κ3) is 2.69. The highest BCUT2D eigenvalue weighted by atomic mass is 35.5. The summed E-state index contributed by atoms with van der Waals surface area (Å²) in [5, 5.41) is 3.24. The van der Waals surface area contributed by atoms with E-state index < -0.39 is 5.91 Å². The van der Waals surface area contributed by atoms with Crippen LogP contribution < -0.4 is 11.1 Å². The molecular weight excluding hydrogens is 275 g/mol. The van der Waals surface area contributed by atoms with Gasteiger partial charge in [-0.2, -0.15) is 4.98 Å². The summed E-state index contributed by atoms with van der Waals surface area (Å²) in [6.45, 7) is 0. The molecule has 0 spiro atoms. The van der Waals surface area contributed by atoms with E-state index in [4.69, 9.17) is 28.9 Å². The first kappa shape index (κ1) is 12.6. The first-order valence-electron chi connectivity index (χ1n) is 4.92. The maximum absolute atomic E-state index is 11.3. The van der Waals surface area contributed by atoms with Gasteiger partial charge in [-0.15, -0.1) is 0 Å². The van der Waals surface area contributed by atoms with Crippen molar-refractivity contribution in [1.82, 2.24) is 9.97 Å². The number of halogens is 2. The number of carbonyl (C=O) groups is 1. The van der Waals surface area contributed by atoms with Crippen LogP contribution in [-0.4, -0.2) is 15.9 Å². The van der Waals surface area contributed by atoms with Gasteiger partial charge in [0.25, 0.3) is 5.91 Å². The highest BCUT2D eigenvalue weighted by Gasteiger charge is 2.10. The molecule has 3 N–H and O–H groups in total. The predicted octanol–water partition coefficient (Wildman–Crippen LogP) is 2.63. The predicted molar refractivity (Wildman–Crippen MR) is 70.3 cm³/mol. The third-order valence-corrected chi connectivity index (χ3v) is 2.62. The Morgan fingerprint density at radius 2 is 2.00 bits per heavy atom. The fraction of sp³-hybridized carbons (Fsp3) is 0. The molecule has 0 atom stereocenters. The van der Waals surface area contributed by atoms with E-state index in [1.54, 1.807) is 24.3 Å². The molecule has 0 aliphatic carbocycles. The molecule has 5 nitrogen and oxygen atoms in total. The van der Waals surface area contributed by atoms with E-state index in [1.807, 2.05) is 0 Å². The average molecular weight is 283 g/mol. The van der Waals surface area contributed by atoms with E-state index in [2.05, 4.69) is 15.3 Å². The van der Waals surface area contributed by atoms with Crippen LogP contribution in [0, 0.1) is 0 Å². The maximum Gasteiger partial charge on any atom is 0.250 e. The highest BCUT2D eigenvalue weighted by molar-refractivity contribution is 6.33. The Labute approximate surface area is 113 Å². The minimum atomic E-state index is -0.547. The van der Waals surface area contributed by atoms with Gasteiger partial charge in [0.15, 0.2) is 5.82 Å². The molecule has 0 aliphatic heterocycles. The largest absolute Gasteiger partial charge is 0.366 e. The first-order chi connectivity index (χ1) is 8.58. The molecule has 0 radical (unpaired) electrons. The summed E-state index contributed by atoms with van der Waals surface area (Å²) in [7, 11) is 0. The second-order valence-electron chi connectivity index (χ2n) is 3.37. The molecule has 1 heterocycles. The summed E-state index contributed by atoms with van der Waals surface area (Å²) >= 11 is 11.6. The lowest BCUT2D eigenvalue weighted by atomic mass is 10.1. The number of aromatic nitrogens is 2. The average Bonchev–Trinajstić information content (AvgIpc) is 2.34. The van der Waals surface area contributed by atoms with Crippen LogP contribution in [0.25, 0.3) is 0 Å². The van der Waals surface area contributed by atoms with E-state index in [0.717, 1.165) is 0 Å². The number of hydrogen-bond acceptors (Lipinski definition) is 4. The minimum Gasteiger partial charge on any atom is -0.366 e. The van der Waals surface area contributed by atoms with Crippen LogP contribution in [0.1, 0.15) is 10.4 Å². The summed E-state index contributed by atoms with van der Waals surface area (Å²) in [4.78, 5) is 18.9.